The maximum Gasteiger partial charge on any atom is 0.251 e. The summed E-state index contributed by atoms with van der Waals surface area (Å²) >= 11 is 0. The van der Waals surface area contributed by atoms with Gasteiger partial charge in [-0.2, -0.15) is 4.80 Å². The summed E-state index contributed by atoms with van der Waals surface area (Å²) in [7, 11) is 0. The quantitative estimate of drug-likeness (QED) is 0.398. The van der Waals surface area contributed by atoms with E-state index in [9.17, 15) is 9.59 Å². The van der Waals surface area contributed by atoms with Gasteiger partial charge in [-0.1, -0.05) is 31.0 Å². The van der Waals surface area contributed by atoms with E-state index in [-0.39, 0.29) is 30.2 Å². The molecular formula is C26H28N6O4. The van der Waals surface area contributed by atoms with Gasteiger partial charge in [-0.25, -0.2) is 0 Å². The highest BCUT2D eigenvalue weighted by Gasteiger charge is 2.36. The van der Waals surface area contributed by atoms with Crippen molar-refractivity contribution >= 4 is 17.5 Å². The minimum Gasteiger partial charge on any atom is -0.464 e. The minimum atomic E-state index is -0.995. The number of nitrogens with zero attached hydrogens (tertiary/aromatic N) is 5. The van der Waals surface area contributed by atoms with Crippen LogP contribution in [-0.4, -0.2) is 38.1 Å². The fourth-order valence-corrected chi connectivity index (χ4v) is 4.51. The standard InChI is InChI=1S/C26H28N6O4/c1-17-12-14-21(35-17)24(26(34)27-19-8-6-7-9-19)32(20-10-4-3-5-11-20)23(33)16-31-29-25(28-30-31)22-15-13-18(2)36-22/h3-5,10-15,19,24H,6-9,16H2,1-2H3,(H,27,34)/t24-/m1/s1. The van der Waals surface area contributed by atoms with Crippen LogP contribution < -0.4 is 10.2 Å². The number of tetrazole rings is 1. The van der Waals surface area contributed by atoms with Crippen LogP contribution in [0, 0.1) is 13.8 Å². The molecule has 0 bridgehead atoms. The van der Waals surface area contributed by atoms with Crippen LogP contribution in [0.3, 0.4) is 0 Å². The summed E-state index contributed by atoms with van der Waals surface area (Å²) in [5.41, 5.74) is 0.560. The number of carbonyl (C=O) groups excluding carboxylic acids is 2. The summed E-state index contributed by atoms with van der Waals surface area (Å²) in [6, 6.07) is 15.2. The van der Waals surface area contributed by atoms with Gasteiger partial charge in [0.1, 0.15) is 23.8 Å². The molecule has 10 heteroatoms. The molecule has 0 spiro atoms. The fraction of sp³-hybridized carbons (Fsp3) is 0.346. The molecule has 186 valence electrons. The third kappa shape index (κ3) is 5.07. The number of carbonyl (C=O) groups is 2. The summed E-state index contributed by atoms with van der Waals surface area (Å²) in [6.07, 6.45) is 4.00. The number of amides is 2. The number of aromatic nitrogens is 4. The van der Waals surface area contributed by atoms with Crippen LogP contribution >= 0.6 is 0 Å². The number of rotatable bonds is 8. The first-order chi connectivity index (χ1) is 17.5. The average molecular weight is 489 g/mol. The zero-order chi connectivity index (χ0) is 25.1. The molecule has 0 saturated heterocycles. The minimum absolute atomic E-state index is 0.0834. The molecule has 4 aromatic rings. The van der Waals surface area contributed by atoms with Crippen molar-refractivity contribution in [2.75, 3.05) is 4.90 Å². The Kier molecular flexibility index (Phi) is 6.66. The molecule has 3 heterocycles. The van der Waals surface area contributed by atoms with Gasteiger partial charge in [-0.05, 0) is 68.3 Å². The van der Waals surface area contributed by atoms with E-state index in [0.717, 1.165) is 31.4 Å². The van der Waals surface area contributed by atoms with E-state index in [1.807, 2.05) is 25.1 Å². The molecule has 36 heavy (non-hydrogen) atoms. The zero-order valence-electron chi connectivity index (χ0n) is 20.3. The van der Waals surface area contributed by atoms with Crippen LogP contribution in [0.4, 0.5) is 5.69 Å². The summed E-state index contributed by atoms with van der Waals surface area (Å²) in [5, 5.41) is 15.5. The van der Waals surface area contributed by atoms with Crippen molar-refractivity contribution in [2.45, 2.75) is 58.2 Å². The summed E-state index contributed by atoms with van der Waals surface area (Å²) in [4.78, 5) is 30.1. The summed E-state index contributed by atoms with van der Waals surface area (Å²) in [5.74, 6) is 1.83. The molecule has 1 atom stereocenters. The van der Waals surface area contributed by atoms with E-state index in [0.29, 0.717) is 23.0 Å². The van der Waals surface area contributed by atoms with Gasteiger partial charge in [0.05, 0.1) is 0 Å². The second-order valence-electron chi connectivity index (χ2n) is 8.99. The van der Waals surface area contributed by atoms with Gasteiger partial charge in [0.15, 0.2) is 11.8 Å². The number of nitrogens with one attached hydrogen (secondary N) is 1. The SMILES string of the molecule is Cc1ccc(-c2nnn(CC(=O)N(c3ccccc3)[C@@H](C(=O)NC3CCCC3)c3ccc(C)o3)n2)o1. The van der Waals surface area contributed by atoms with Gasteiger partial charge in [-0.3, -0.25) is 14.5 Å². The number of aryl methyl sites for hydroxylation is 2. The molecule has 0 unspecified atom stereocenters. The highest BCUT2D eigenvalue weighted by atomic mass is 16.3. The van der Waals surface area contributed by atoms with Crippen molar-refractivity contribution in [3.63, 3.8) is 0 Å². The maximum absolute atomic E-state index is 13.8. The molecule has 1 aliphatic rings. The van der Waals surface area contributed by atoms with E-state index in [2.05, 4.69) is 20.7 Å². The van der Waals surface area contributed by atoms with Crippen molar-refractivity contribution < 1.29 is 18.4 Å². The monoisotopic (exact) mass is 488 g/mol. The number of furan rings is 2. The van der Waals surface area contributed by atoms with Gasteiger partial charge in [0.2, 0.25) is 5.82 Å². The lowest BCUT2D eigenvalue weighted by Gasteiger charge is -2.30. The molecule has 10 nitrogen and oxygen atoms in total. The zero-order valence-corrected chi connectivity index (χ0v) is 20.3. The second-order valence-corrected chi connectivity index (χ2v) is 8.99. The molecule has 1 fully saturated rings. The Labute approximate surface area is 208 Å². The third-order valence-electron chi connectivity index (χ3n) is 6.23. The molecule has 1 aliphatic carbocycles. The number of benzene rings is 1. The van der Waals surface area contributed by atoms with E-state index >= 15 is 0 Å². The van der Waals surface area contributed by atoms with E-state index in [4.69, 9.17) is 8.83 Å². The van der Waals surface area contributed by atoms with Crippen LogP contribution in [-0.2, 0) is 16.1 Å². The number of anilines is 1. The van der Waals surface area contributed by atoms with Crippen molar-refractivity contribution in [3.05, 3.63) is 71.9 Å². The van der Waals surface area contributed by atoms with E-state index in [1.165, 1.54) is 9.70 Å². The highest BCUT2D eigenvalue weighted by molar-refractivity contribution is 6.01. The Morgan fingerprint density at radius 2 is 1.75 bits per heavy atom. The molecule has 1 saturated carbocycles. The van der Waals surface area contributed by atoms with E-state index < -0.39 is 6.04 Å². The average Bonchev–Trinajstić information content (AvgIpc) is 3.67. The Balaban J connectivity index is 1.47. The predicted molar refractivity (Wildman–Crippen MR) is 131 cm³/mol. The number of hydrogen-bond donors (Lipinski definition) is 1. The number of hydrogen-bond acceptors (Lipinski definition) is 7. The first-order valence-electron chi connectivity index (χ1n) is 12.1. The van der Waals surface area contributed by atoms with Crippen LogP contribution in [0.2, 0.25) is 0 Å². The van der Waals surface area contributed by atoms with Gasteiger partial charge < -0.3 is 14.2 Å². The lowest BCUT2D eigenvalue weighted by atomic mass is 10.1. The molecule has 2 amide bonds. The summed E-state index contributed by atoms with van der Waals surface area (Å²) in [6.45, 7) is 3.40. The van der Waals surface area contributed by atoms with Crippen LogP contribution in [0.1, 0.15) is 49.0 Å². The van der Waals surface area contributed by atoms with Crippen molar-refractivity contribution in [2.24, 2.45) is 0 Å². The van der Waals surface area contributed by atoms with Crippen LogP contribution in [0.5, 0.6) is 0 Å². The largest absolute Gasteiger partial charge is 0.464 e. The van der Waals surface area contributed by atoms with Gasteiger partial charge in [0, 0.05) is 11.7 Å². The molecule has 0 aliphatic heterocycles. The smallest absolute Gasteiger partial charge is 0.251 e. The Hall–Kier alpha value is -4.21. The van der Waals surface area contributed by atoms with E-state index in [1.54, 1.807) is 43.3 Å². The van der Waals surface area contributed by atoms with Crippen LogP contribution in [0.25, 0.3) is 11.6 Å². The maximum atomic E-state index is 13.8. The number of para-hydroxylation sites is 1. The van der Waals surface area contributed by atoms with Gasteiger partial charge in [0.25, 0.3) is 11.8 Å². The summed E-state index contributed by atoms with van der Waals surface area (Å²) < 4.78 is 11.4. The van der Waals surface area contributed by atoms with Gasteiger partial charge >= 0.3 is 0 Å². The van der Waals surface area contributed by atoms with Crippen molar-refractivity contribution in [3.8, 4) is 11.6 Å². The first kappa shape index (κ1) is 23.5. The Morgan fingerprint density at radius 3 is 2.42 bits per heavy atom. The second kappa shape index (κ2) is 10.2. The third-order valence-corrected chi connectivity index (χ3v) is 6.23. The predicted octanol–water partition coefficient (Wildman–Crippen LogP) is 3.98. The van der Waals surface area contributed by atoms with Gasteiger partial charge in [-0.15, -0.1) is 10.2 Å². The normalized spacial score (nSPS) is 14.6. The molecule has 3 aromatic heterocycles. The first-order valence-corrected chi connectivity index (χ1v) is 12.1. The lowest BCUT2D eigenvalue weighted by Crippen LogP contribution is -2.47. The molecule has 1 N–H and O–H groups in total. The van der Waals surface area contributed by atoms with Crippen molar-refractivity contribution in [1.82, 2.24) is 25.5 Å². The van der Waals surface area contributed by atoms with Crippen LogP contribution in [0.15, 0.2) is 63.4 Å². The topological polar surface area (TPSA) is 119 Å². The molecule has 1 aromatic carbocycles. The Bertz CT molecular complexity index is 1340. The van der Waals surface area contributed by atoms with Crippen molar-refractivity contribution in [1.29, 1.82) is 0 Å². The highest BCUT2D eigenvalue weighted by Crippen LogP contribution is 2.30. The Morgan fingerprint density at radius 1 is 1.03 bits per heavy atom. The fourth-order valence-electron chi connectivity index (χ4n) is 4.51. The molecular weight excluding hydrogens is 460 g/mol. The lowest BCUT2D eigenvalue weighted by molar-refractivity contribution is -0.128. The molecule has 5 rings (SSSR count). The molecule has 0 radical (unpaired) electrons.